The molecule has 0 saturated carbocycles. The molecular formula is C19H17ClO4S. The lowest BCUT2D eigenvalue weighted by Gasteiger charge is -2.11. The van der Waals surface area contributed by atoms with Crippen molar-refractivity contribution in [3.63, 3.8) is 0 Å². The molecule has 2 aromatic rings. The summed E-state index contributed by atoms with van der Waals surface area (Å²) in [5, 5.41) is 0.0930. The first-order valence-corrected chi connectivity index (χ1v) is 8.94. The fourth-order valence-electron chi connectivity index (χ4n) is 2.18. The summed E-state index contributed by atoms with van der Waals surface area (Å²) in [5.74, 6) is -0.794. The van der Waals surface area contributed by atoms with E-state index in [2.05, 4.69) is 4.74 Å². The highest BCUT2D eigenvalue weighted by molar-refractivity contribution is 8.14. The monoisotopic (exact) mass is 376 g/mol. The predicted octanol–water partition coefficient (Wildman–Crippen LogP) is 4.25. The minimum Gasteiger partial charge on any atom is -0.469 e. The largest absolute Gasteiger partial charge is 0.469 e. The van der Waals surface area contributed by atoms with Gasteiger partial charge in [-0.05, 0) is 18.2 Å². The number of hydrogen-bond acceptors (Lipinski definition) is 5. The molecule has 0 aromatic heterocycles. The fourth-order valence-corrected chi connectivity index (χ4v) is 3.22. The normalized spacial score (nSPS) is 11.6. The van der Waals surface area contributed by atoms with Gasteiger partial charge in [-0.3, -0.25) is 14.4 Å². The van der Waals surface area contributed by atoms with E-state index in [-0.39, 0.29) is 33.7 Å². The van der Waals surface area contributed by atoms with Gasteiger partial charge in [-0.15, -0.1) is 0 Å². The van der Waals surface area contributed by atoms with Gasteiger partial charge in [0.1, 0.15) is 0 Å². The van der Waals surface area contributed by atoms with Crippen LogP contribution in [0.15, 0.2) is 48.5 Å². The number of rotatable bonds is 6. The highest BCUT2D eigenvalue weighted by atomic mass is 35.5. The van der Waals surface area contributed by atoms with Crippen LogP contribution in [0.4, 0.5) is 0 Å². The van der Waals surface area contributed by atoms with Crippen LogP contribution in [0.1, 0.15) is 33.2 Å². The lowest BCUT2D eigenvalue weighted by molar-refractivity contribution is -0.143. The molecule has 0 spiro atoms. The van der Waals surface area contributed by atoms with E-state index in [1.165, 1.54) is 19.2 Å². The number of methoxy groups -OCH3 is 1. The van der Waals surface area contributed by atoms with Crippen molar-refractivity contribution in [1.29, 1.82) is 0 Å². The van der Waals surface area contributed by atoms with Gasteiger partial charge in [0, 0.05) is 27.5 Å². The molecule has 0 unspecified atom stereocenters. The van der Waals surface area contributed by atoms with Gasteiger partial charge in [0.25, 0.3) is 0 Å². The Hall–Kier alpha value is -2.11. The number of hydrogen-bond donors (Lipinski definition) is 0. The first-order chi connectivity index (χ1) is 11.9. The Labute approximate surface area is 155 Å². The molecule has 25 heavy (non-hydrogen) atoms. The summed E-state index contributed by atoms with van der Waals surface area (Å²) in [5.41, 5.74) is 1.01. The highest BCUT2D eigenvalue weighted by Gasteiger charge is 2.21. The maximum Gasteiger partial charge on any atom is 0.309 e. The quantitative estimate of drug-likeness (QED) is 0.557. The predicted molar refractivity (Wildman–Crippen MR) is 99.3 cm³/mol. The summed E-state index contributed by atoms with van der Waals surface area (Å²) >= 11 is 6.99. The van der Waals surface area contributed by atoms with Crippen molar-refractivity contribution in [2.45, 2.75) is 6.92 Å². The second kappa shape index (κ2) is 8.83. The molecule has 2 aromatic carbocycles. The molecule has 6 heteroatoms. The molecule has 0 aliphatic heterocycles. The van der Waals surface area contributed by atoms with Gasteiger partial charge in [-0.1, -0.05) is 60.6 Å². The van der Waals surface area contributed by atoms with E-state index in [4.69, 9.17) is 11.6 Å². The van der Waals surface area contributed by atoms with E-state index in [1.807, 2.05) is 6.07 Å². The van der Waals surface area contributed by atoms with Gasteiger partial charge in [-0.25, -0.2) is 0 Å². The second-order valence-corrected chi connectivity index (χ2v) is 6.84. The van der Waals surface area contributed by atoms with Crippen LogP contribution < -0.4 is 0 Å². The molecule has 2 rings (SSSR count). The van der Waals surface area contributed by atoms with Crippen LogP contribution in [-0.4, -0.2) is 29.7 Å². The van der Waals surface area contributed by atoms with Crippen LogP contribution in [0.2, 0.25) is 5.02 Å². The maximum absolute atomic E-state index is 12.7. The van der Waals surface area contributed by atoms with Crippen molar-refractivity contribution in [2.75, 3.05) is 12.9 Å². The summed E-state index contributed by atoms with van der Waals surface area (Å²) in [6.07, 6.45) is 0. The molecule has 0 aliphatic carbocycles. The van der Waals surface area contributed by atoms with Crippen molar-refractivity contribution >= 4 is 40.2 Å². The molecule has 0 aliphatic rings. The number of ketones is 1. The molecule has 1 atom stereocenters. The van der Waals surface area contributed by atoms with Crippen LogP contribution >= 0.6 is 23.4 Å². The maximum atomic E-state index is 12.7. The highest BCUT2D eigenvalue weighted by Crippen LogP contribution is 2.24. The minimum atomic E-state index is -0.417. The third-order valence-electron chi connectivity index (χ3n) is 3.55. The number of ether oxygens (including phenoxy) is 1. The first kappa shape index (κ1) is 19.2. The number of carbonyl (C=O) groups is 3. The van der Waals surface area contributed by atoms with Gasteiger partial charge in [0.2, 0.25) is 5.12 Å². The van der Waals surface area contributed by atoms with Crippen LogP contribution in [0.25, 0.3) is 0 Å². The molecule has 130 valence electrons. The number of thioether (sulfide) groups is 1. The Bertz CT molecular complexity index is 789. The van der Waals surface area contributed by atoms with Crippen LogP contribution in [-0.2, 0) is 9.53 Å². The molecule has 0 amide bonds. The fraction of sp³-hybridized carbons (Fsp3) is 0.211. The van der Waals surface area contributed by atoms with Crippen molar-refractivity contribution < 1.29 is 19.1 Å². The lowest BCUT2D eigenvalue weighted by Crippen LogP contribution is -2.16. The first-order valence-electron chi connectivity index (χ1n) is 7.58. The van der Waals surface area contributed by atoms with Crippen molar-refractivity contribution in [3.8, 4) is 0 Å². The summed E-state index contributed by atoms with van der Waals surface area (Å²) in [7, 11) is 1.31. The van der Waals surface area contributed by atoms with Crippen molar-refractivity contribution in [2.24, 2.45) is 5.92 Å². The summed E-state index contributed by atoms with van der Waals surface area (Å²) in [4.78, 5) is 36.7. The standard InChI is InChI=1S/C19H17ClO4S/c1-12(18(22)24-2)11-25-19(23)15-9-8-14(20)10-16(15)17(21)13-6-4-3-5-7-13/h3-10,12H,11H2,1-2H3/t12-/m0/s1. The molecular weight excluding hydrogens is 360 g/mol. The van der Waals surface area contributed by atoms with E-state index < -0.39 is 5.92 Å². The lowest BCUT2D eigenvalue weighted by atomic mass is 9.99. The minimum absolute atomic E-state index is 0.252. The SMILES string of the molecule is COC(=O)[C@@H](C)CSC(=O)c1ccc(Cl)cc1C(=O)c1ccccc1. The van der Waals surface area contributed by atoms with Gasteiger partial charge in [-0.2, -0.15) is 0 Å². The van der Waals surface area contributed by atoms with Crippen LogP contribution in [0.5, 0.6) is 0 Å². The van der Waals surface area contributed by atoms with E-state index in [1.54, 1.807) is 37.3 Å². The van der Waals surface area contributed by atoms with E-state index in [0.29, 0.717) is 10.6 Å². The van der Waals surface area contributed by atoms with E-state index >= 15 is 0 Å². The summed E-state index contributed by atoms with van der Waals surface area (Å²) in [6.45, 7) is 1.68. The molecule has 0 fully saturated rings. The molecule has 0 saturated heterocycles. The van der Waals surface area contributed by atoms with Gasteiger partial charge in [0.05, 0.1) is 13.0 Å². The molecule has 4 nitrogen and oxygen atoms in total. The van der Waals surface area contributed by atoms with E-state index in [9.17, 15) is 14.4 Å². The van der Waals surface area contributed by atoms with Crippen molar-refractivity contribution in [1.82, 2.24) is 0 Å². The van der Waals surface area contributed by atoms with Gasteiger partial charge < -0.3 is 4.74 Å². The Morgan fingerprint density at radius 3 is 2.40 bits per heavy atom. The molecule has 0 bridgehead atoms. The average Bonchev–Trinajstić information content (AvgIpc) is 2.65. The zero-order valence-corrected chi connectivity index (χ0v) is 15.4. The summed E-state index contributed by atoms with van der Waals surface area (Å²) in [6, 6.07) is 13.3. The Morgan fingerprint density at radius 2 is 1.76 bits per heavy atom. The zero-order valence-electron chi connectivity index (χ0n) is 13.8. The second-order valence-electron chi connectivity index (χ2n) is 5.41. The van der Waals surface area contributed by atoms with Gasteiger partial charge in [0.15, 0.2) is 5.78 Å². The summed E-state index contributed by atoms with van der Waals surface area (Å²) < 4.78 is 4.65. The zero-order chi connectivity index (χ0) is 18.4. The smallest absolute Gasteiger partial charge is 0.309 e. The Kier molecular flexibility index (Phi) is 6.79. The third-order valence-corrected chi connectivity index (χ3v) is 4.93. The Balaban J connectivity index is 2.25. The number of halogens is 1. The molecule has 0 radical (unpaired) electrons. The molecule has 0 N–H and O–H groups in total. The molecule has 0 heterocycles. The number of carbonyl (C=O) groups excluding carboxylic acids is 3. The van der Waals surface area contributed by atoms with Gasteiger partial charge >= 0.3 is 5.97 Å². The topological polar surface area (TPSA) is 60.4 Å². The van der Waals surface area contributed by atoms with Crippen LogP contribution in [0, 0.1) is 5.92 Å². The third kappa shape index (κ3) is 4.94. The Morgan fingerprint density at radius 1 is 1.08 bits per heavy atom. The average molecular weight is 377 g/mol. The van der Waals surface area contributed by atoms with Crippen molar-refractivity contribution in [3.05, 3.63) is 70.2 Å². The van der Waals surface area contributed by atoms with E-state index in [0.717, 1.165) is 11.8 Å². The van der Waals surface area contributed by atoms with Crippen LogP contribution in [0.3, 0.4) is 0 Å². The number of benzene rings is 2. The number of esters is 1.